The van der Waals surface area contributed by atoms with Crippen molar-refractivity contribution in [2.75, 3.05) is 5.32 Å². The molecule has 23 heavy (non-hydrogen) atoms. The van der Waals surface area contributed by atoms with Gasteiger partial charge in [0.1, 0.15) is 0 Å². The number of aromatic hydroxyl groups is 1. The van der Waals surface area contributed by atoms with Gasteiger partial charge in [-0.15, -0.1) is 0 Å². The summed E-state index contributed by atoms with van der Waals surface area (Å²) in [7, 11) is 0. The van der Waals surface area contributed by atoms with Crippen LogP contribution >= 0.6 is 23.2 Å². The number of amides is 1. The molecular formula is C16H10Cl2N2O3. The molecule has 0 aliphatic rings. The Morgan fingerprint density at radius 2 is 1.83 bits per heavy atom. The first-order valence-corrected chi connectivity index (χ1v) is 7.33. The van der Waals surface area contributed by atoms with Gasteiger partial charge in [-0.25, -0.2) is 0 Å². The van der Waals surface area contributed by atoms with Crippen LogP contribution in [0.2, 0.25) is 10.0 Å². The molecule has 3 N–H and O–H groups in total. The van der Waals surface area contributed by atoms with Gasteiger partial charge in [0, 0.05) is 15.9 Å². The van der Waals surface area contributed by atoms with Gasteiger partial charge in [0.2, 0.25) is 5.88 Å². The highest BCUT2D eigenvalue weighted by molar-refractivity contribution is 6.49. The maximum absolute atomic E-state index is 12.4. The van der Waals surface area contributed by atoms with E-state index in [0.717, 1.165) is 0 Å². The lowest BCUT2D eigenvalue weighted by Gasteiger charge is -2.07. The molecule has 0 radical (unpaired) electrons. The number of hydrogen-bond donors (Lipinski definition) is 3. The Morgan fingerprint density at radius 1 is 1.09 bits per heavy atom. The van der Waals surface area contributed by atoms with E-state index in [1.807, 2.05) is 0 Å². The number of nitrogens with one attached hydrogen (secondary N) is 2. The quantitative estimate of drug-likeness (QED) is 0.494. The van der Waals surface area contributed by atoms with Crippen molar-refractivity contribution in [1.29, 1.82) is 0 Å². The van der Waals surface area contributed by atoms with E-state index in [2.05, 4.69) is 10.3 Å². The summed E-state index contributed by atoms with van der Waals surface area (Å²) < 4.78 is 0. The minimum atomic E-state index is -0.922. The predicted molar refractivity (Wildman–Crippen MR) is 89.4 cm³/mol. The first-order valence-electron chi connectivity index (χ1n) is 6.58. The van der Waals surface area contributed by atoms with E-state index in [1.165, 1.54) is 12.1 Å². The monoisotopic (exact) mass is 348 g/mol. The molecule has 5 nitrogen and oxygen atoms in total. The number of halogens is 2. The van der Waals surface area contributed by atoms with Gasteiger partial charge in [0.05, 0.1) is 16.3 Å². The highest BCUT2D eigenvalue weighted by Crippen LogP contribution is 2.29. The minimum absolute atomic E-state index is 0.0868. The van der Waals surface area contributed by atoms with Gasteiger partial charge < -0.3 is 15.4 Å². The van der Waals surface area contributed by atoms with Crippen LogP contribution in [0.1, 0.15) is 10.4 Å². The first kappa shape index (κ1) is 15.4. The molecule has 2 aromatic carbocycles. The maximum Gasteiger partial charge on any atom is 0.297 e. The third-order valence-corrected chi connectivity index (χ3v) is 3.86. The lowest BCUT2D eigenvalue weighted by molar-refractivity contribution is -0.112. The summed E-state index contributed by atoms with van der Waals surface area (Å²) >= 11 is 11.8. The van der Waals surface area contributed by atoms with Crippen molar-refractivity contribution in [3.05, 3.63) is 58.1 Å². The fourth-order valence-corrected chi connectivity index (χ4v) is 2.58. The second-order valence-corrected chi connectivity index (χ2v) is 5.65. The number of ketones is 1. The van der Waals surface area contributed by atoms with Gasteiger partial charge >= 0.3 is 0 Å². The highest BCUT2D eigenvalue weighted by atomic mass is 35.5. The molecule has 7 heteroatoms. The van der Waals surface area contributed by atoms with Crippen LogP contribution in [0.15, 0.2) is 42.5 Å². The van der Waals surface area contributed by atoms with Crippen LogP contribution in [-0.4, -0.2) is 21.8 Å². The third kappa shape index (κ3) is 2.88. The molecular weight excluding hydrogens is 339 g/mol. The first-order chi connectivity index (χ1) is 11.0. The number of para-hydroxylation sites is 1. The average molecular weight is 349 g/mol. The Labute approximate surface area is 140 Å². The number of rotatable bonds is 3. The number of anilines is 1. The van der Waals surface area contributed by atoms with E-state index >= 15 is 0 Å². The third-order valence-electron chi connectivity index (χ3n) is 3.30. The van der Waals surface area contributed by atoms with E-state index < -0.39 is 11.7 Å². The van der Waals surface area contributed by atoms with Crippen molar-refractivity contribution < 1.29 is 14.7 Å². The van der Waals surface area contributed by atoms with Crippen molar-refractivity contribution >= 4 is 51.5 Å². The van der Waals surface area contributed by atoms with Crippen molar-refractivity contribution in [3.63, 3.8) is 0 Å². The van der Waals surface area contributed by atoms with Crippen molar-refractivity contribution in [2.45, 2.75) is 0 Å². The van der Waals surface area contributed by atoms with E-state index in [1.54, 1.807) is 30.3 Å². The molecule has 0 bridgehead atoms. The largest absolute Gasteiger partial charge is 0.494 e. The summed E-state index contributed by atoms with van der Waals surface area (Å²) in [5.74, 6) is -2.16. The molecule has 0 aliphatic heterocycles. The fourth-order valence-electron chi connectivity index (χ4n) is 2.24. The SMILES string of the molecule is O=C(Nc1cc(Cl)ccc1Cl)C(=O)c1c(O)[nH]c2ccccc12. The number of fused-ring (bicyclic) bond motifs is 1. The number of H-pyrrole nitrogens is 1. The zero-order valence-electron chi connectivity index (χ0n) is 11.6. The Kier molecular flexibility index (Phi) is 3.98. The summed E-state index contributed by atoms with van der Waals surface area (Å²) in [5, 5.41) is 13.4. The number of carbonyl (C=O) groups is 2. The molecule has 1 amide bonds. The molecule has 0 unspecified atom stereocenters. The highest BCUT2D eigenvalue weighted by Gasteiger charge is 2.25. The second-order valence-electron chi connectivity index (χ2n) is 4.80. The van der Waals surface area contributed by atoms with E-state index in [9.17, 15) is 14.7 Å². The van der Waals surface area contributed by atoms with Gasteiger partial charge in [-0.05, 0) is 24.3 Å². The lowest BCUT2D eigenvalue weighted by atomic mass is 10.1. The smallest absolute Gasteiger partial charge is 0.297 e. The van der Waals surface area contributed by atoms with Gasteiger partial charge in [-0.2, -0.15) is 0 Å². The Bertz CT molecular complexity index is 934. The maximum atomic E-state index is 12.4. The van der Waals surface area contributed by atoms with Crippen LogP contribution < -0.4 is 5.32 Å². The number of aromatic nitrogens is 1. The molecule has 0 atom stereocenters. The standard InChI is InChI=1S/C16H10Cl2N2O3/c17-8-5-6-10(18)12(7-8)20-16(23)14(21)13-9-3-1-2-4-11(9)19-15(13)22/h1-7,19,22H,(H,20,23). The molecule has 0 spiro atoms. The van der Waals surface area contributed by atoms with E-state index in [4.69, 9.17) is 23.2 Å². The predicted octanol–water partition coefficient (Wildman–Crippen LogP) is 4.00. The van der Waals surface area contributed by atoms with Crippen LogP contribution in [0.5, 0.6) is 5.88 Å². The summed E-state index contributed by atoms with van der Waals surface area (Å²) in [5.41, 5.74) is 0.690. The molecule has 0 aliphatic carbocycles. The molecule has 3 rings (SSSR count). The molecule has 1 aromatic heterocycles. The topological polar surface area (TPSA) is 82.2 Å². The van der Waals surface area contributed by atoms with Crippen molar-refractivity contribution in [1.82, 2.24) is 4.98 Å². The van der Waals surface area contributed by atoms with E-state index in [-0.39, 0.29) is 22.2 Å². The number of aromatic amines is 1. The van der Waals surface area contributed by atoms with Crippen molar-refractivity contribution in [2.24, 2.45) is 0 Å². The van der Waals surface area contributed by atoms with Gasteiger partial charge in [0.25, 0.3) is 11.7 Å². The molecule has 0 saturated heterocycles. The average Bonchev–Trinajstić information content (AvgIpc) is 2.86. The molecule has 0 saturated carbocycles. The lowest BCUT2D eigenvalue weighted by Crippen LogP contribution is -2.23. The zero-order chi connectivity index (χ0) is 16.6. The van der Waals surface area contributed by atoms with Crippen LogP contribution in [-0.2, 0) is 4.79 Å². The zero-order valence-corrected chi connectivity index (χ0v) is 13.1. The number of carbonyl (C=O) groups excluding carboxylic acids is 2. The summed E-state index contributed by atoms with van der Waals surface area (Å²) in [4.78, 5) is 27.2. The van der Waals surface area contributed by atoms with Gasteiger partial charge in [-0.1, -0.05) is 41.4 Å². The summed E-state index contributed by atoms with van der Waals surface area (Å²) in [6, 6.07) is 11.3. The number of benzene rings is 2. The van der Waals surface area contributed by atoms with Crippen molar-refractivity contribution in [3.8, 4) is 5.88 Å². The van der Waals surface area contributed by atoms with Crippen LogP contribution in [0.25, 0.3) is 10.9 Å². The van der Waals surface area contributed by atoms with E-state index in [0.29, 0.717) is 15.9 Å². The summed E-state index contributed by atoms with van der Waals surface area (Å²) in [6.07, 6.45) is 0. The van der Waals surface area contributed by atoms with Crippen LogP contribution in [0, 0.1) is 0 Å². The molecule has 116 valence electrons. The van der Waals surface area contributed by atoms with Gasteiger partial charge in [0.15, 0.2) is 0 Å². The number of hydrogen-bond acceptors (Lipinski definition) is 3. The normalized spacial score (nSPS) is 10.7. The number of Topliss-reactive ketones (excluding diaryl/α,β-unsaturated/α-hetero) is 1. The Balaban J connectivity index is 1.94. The second kappa shape index (κ2) is 5.95. The van der Waals surface area contributed by atoms with Gasteiger partial charge in [-0.3, -0.25) is 9.59 Å². The minimum Gasteiger partial charge on any atom is -0.494 e. The molecule has 0 fully saturated rings. The Hall–Kier alpha value is -2.50. The Morgan fingerprint density at radius 3 is 2.61 bits per heavy atom. The summed E-state index contributed by atoms with van der Waals surface area (Å²) in [6.45, 7) is 0. The molecule has 3 aromatic rings. The van der Waals surface area contributed by atoms with Crippen LogP contribution in [0.3, 0.4) is 0 Å². The molecule has 1 heterocycles. The fraction of sp³-hybridized carbons (Fsp3) is 0. The van der Waals surface area contributed by atoms with Crippen LogP contribution in [0.4, 0.5) is 5.69 Å².